The highest BCUT2D eigenvalue weighted by atomic mass is 35.5. The minimum absolute atomic E-state index is 0.0648. The van der Waals surface area contributed by atoms with Crippen LogP contribution in [0.1, 0.15) is 18.4 Å². The largest absolute Gasteiger partial charge is 0.355 e. The molecule has 0 spiro atoms. The molecular weight excluding hydrogens is 428 g/mol. The van der Waals surface area contributed by atoms with Gasteiger partial charge in [0.15, 0.2) is 0 Å². The molecule has 0 radical (unpaired) electrons. The monoisotopic (exact) mass is 452 g/mol. The molecular formula is C21H25ClN2O3S2. The fourth-order valence-corrected chi connectivity index (χ4v) is 5.77. The Morgan fingerprint density at radius 3 is 2.59 bits per heavy atom. The van der Waals surface area contributed by atoms with E-state index in [9.17, 15) is 13.2 Å². The highest BCUT2D eigenvalue weighted by Gasteiger charge is 2.33. The van der Waals surface area contributed by atoms with Gasteiger partial charge in [-0.25, -0.2) is 8.42 Å². The molecule has 5 nitrogen and oxygen atoms in total. The quantitative estimate of drug-likeness (QED) is 0.619. The summed E-state index contributed by atoms with van der Waals surface area (Å²) in [6, 6.07) is 16.1. The molecule has 1 aliphatic heterocycles. The summed E-state index contributed by atoms with van der Waals surface area (Å²) in [6.45, 7) is 1.26. The smallest absolute Gasteiger partial charge is 0.243 e. The number of piperidine rings is 1. The first-order valence-electron chi connectivity index (χ1n) is 9.62. The third kappa shape index (κ3) is 6.22. The number of nitrogens with one attached hydrogen (secondary N) is 1. The number of hydrogen-bond acceptors (Lipinski definition) is 4. The van der Waals surface area contributed by atoms with E-state index in [2.05, 4.69) is 5.32 Å². The summed E-state index contributed by atoms with van der Waals surface area (Å²) < 4.78 is 27.0. The van der Waals surface area contributed by atoms with Crippen LogP contribution in [0.25, 0.3) is 0 Å². The molecule has 2 aromatic carbocycles. The van der Waals surface area contributed by atoms with Crippen molar-refractivity contribution in [3.63, 3.8) is 0 Å². The van der Waals surface area contributed by atoms with Crippen LogP contribution in [0.3, 0.4) is 0 Å². The van der Waals surface area contributed by atoms with E-state index in [0.717, 1.165) is 16.5 Å². The second kappa shape index (κ2) is 10.5. The first kappa shape index (κ1) is 22.2. The van der Waals surface area contributed by atoms with Crippen LogP contribution in [0.2, 0.25) is 5.02 Å². The van der Waals surface area contributed by atoms with E-state index in [0.29, 0.717) is 25.9 Å². The van der Waals surface area contributed by atoms with Gasteiger partial charge in [-0.1, -0.05) is 41.9 Å². The average Bonchev–Trinajstić information content (AvgIpc) is 2.75. The van der Waals surface area contributed by atoms with Crippen LogP contribution >= 0.6 is 23.4 Å². The van der Waals surface area contributed by atoms with E-state index in [-0.39, 0.29) is 23.3 Å². The van der Waals surface area contributed by atoms with Crippen molar-refractivity contribution in [1.82, 2.24) is 9.62 Å². The summed E-state index contributed by atoms with van der Waals surface area (Å²) in [5.74, 6) is 1.29. The van der Waals surface area contributed by atoms with Gasteiger partial charge >= 0.3 is 0 Å². The molecule has 1 aliphatic rings. The molecule has 3 rings (SSSR count). The van der Waals surface area contributed by atoms with Crippen LogP contribution < -0.4 is 5.32 Å². The van der Waals surface area contributed by atoms with Gasteiger partial charge in [-0.05, 0) is 42.7 Å². The predicted octanol–water partition coefficient (Wildman–Crippen LogP) is 3.79. The molecule has 0 aromatic heterocycles. The van der Waals surface area contributed by atoms with Crippen molar-refractivity contribution in [2.45, 2.75) is 23.5 Å². The predicted molar refractivity (Wildman–Crippen MR) is 119 cm³/mol. The maximum Gasteiger partial charge on any atom is 0.243 e. The summed E-state index contributed by atoms with van der Waals surface area (Å²) in [6.07, 6.45) is 1.40. The molecule has 0 saturated carbocycles. The van der Waals surface area contributed by atoms with Crippen molar-refractivity contribution in [2.24, 2.45) is 5.92 Å². The summed E-state index contributed by atoms with van der Waals surface area (Å²) in [5.41, 5.74) is 1.19. The van der Waals surface area contributed by atoms with Gasteiger partial charge in [-0.3, -0.25) is 4.79 Å². The molecule has 1 atom stereocenters. The molecule has 8 heteroatoms. The van der Waals surface area contributed by atoms with E-state index in [1.165, 1.54) is 9.87 Å². The summed E-state index contributed by atoms with van der Waals surface area (Å²) in [7, 11) is -3.55. The van der Waals surface area contributed by atoms with Gasteiger partial charge in [0.1, 0.15) is 0 Å². The van der Waals surface area contributed by atoms with Gasteiger partial charge in [0.2, 0.25) is 15.9 Å². The lowest BCUT2D eigenvalue weighted by Crippen LogP contribution is -2.45. The maximum atomic E-state index is 12.8. The number of benzene rings is 2. The molecule has 0 aliphatic carbocycles. The summed E-state index contributed by atoms with van der Waals surface area (Å²) in [4.78, 5) is 12.8. The third-order valence-electron chi connectivity index (χ3n) is 4.86. The number of hydrogen-bond donors (Lipinski definition) is 1. The van der Waals surface area contributed by atoms with E-state index in [1.54, 1.807) is 42.1 Å². The Kier molecular flexibility index (Phi) is 8.00. The third-order valence-corrected chi connectivity index (χ3v) is 8.03. The number of rotatable bonds is 8. The van der Waals surface area contributed by atoms with Crippen LogP contribution in [0.5, 0.6) is 0 Å². The van der Waals surface area contributed by atoms with Gasteiger partial charge in [-0.15, -0.1) is 0 Å². The van der Waals surface area contributed by atoms with Crippen molar-refractivity contribution < 1.29 is 13.2 Å². The lowest BCUT2D eigenvalue weighted by molar-refractivity contribution is -0.125. The maximum absolute atomic E-state index is 12.8. The van der Waals surface area contributed by atoms with Gasteiger partial charge in [-0.2, -0.15) is 16.1 Å². The van der Waals surface area contributed by atoms with Crippen LogP contribution in [-0.2, 0) is 20.6 Å². The fourth-order valence-electron chi connectivity index (χ4n) is 3.28. The molecule has 1 amide bonds. The molecule has 1 saturated heterocycles. The van der Waals surface area contributed by atoms with Crippen LogP contribution in [0.4, 0.5) is 0 Å². The second-order valence-corrected chi connectivity index (χ2v) is 10.5. The minimum atomic E-state index is -3.55. The Morgan fingerprint density at radius 2 is 1.86 bits per heavy atom. The number of carbonyl (C=O) groups excluding carboxylic acids is 1. The lowest BCUT2D eigenvalue weighted by Gasteiger charge is -2.31. The Hall–Kier alpha value is -1.54. The van der Waals surface area contributed by atoms with Gasteiger partial charge in [0.05, 0.1) is 10.8 Å². The Bertz CT molecular complexity index is 905. The number of nitrogens with zero attached hydrogens (tertiary/aromatic N) is 1. The average molecular weight is 453 g/mol. The number of carbonyl (C=O) groups is 1. The highest BCUT2D eigenvalue weighted by Crippen LogP contribution is 2.24. The topological polar surface area (TPSA) is 66.5 Å². The summed E-state index contributed by atoms with van der Waals surface area (Å²) >= 11 is 7.62. The standard InChI is InChI=1S/C21H25ClN2O3S2/c22-19-10-8-17(9-11-19)16-28-14-12-23-21(25)18-5-4-13-24(15-18)29(26,27)20-6-2-1-3-7-20/h1-3,6-11,18H,4-5,12-16H2,(H,23,25)/t18-/m0/s1. The number of thioether (sulfide) groups is 1. The summed E-state index contributed by atoms with van der Waals surface area (Å²) in [5, 5.41) is 3.68. The first-order valence-corrected chi connectivity index (χ1v) is 12.6. The molecule has 29 heavy (non-hydrogen) atoms. The normalized spacial score (nSPS) is 17.8. The highest BCUT2D eigenvalue weighted by molar-refractivity contribution is 7.98. The zero-order valence-corrected chi connectivity index (χ0v) is 18.5. The van der Waals surface area contributed by atoms with E-state index in [4.69, 9.17) is 11.6 Å². The number of amides is 1. The first-order chi connectivity index (χ1) is 14.0. The zero-order valence-electron chi connectivity index (χ0n) is 16.1. The van der Waals surface area contributed by atoms with Crippen molar-refractivity contribution in [1.29, 1.82) is 0 Å². The Morgan fingerprint density at radius 1 is 1.14 bits per heavy atom. The van der Waals surface area contributed by atoms with Crippen molar-refractivity contribution in [3.05, 3.63) is 65.2 Å². The molecule has 2 aromatic rings. The van der Waals surface area contributed by atoms with Gasteiger partial charge < -0.3 is 5.32 Å². The molecule has 0 unspecified atom stereocenters. The Balaban J connectivity index is 1.44. The SMILES string of the molecule is O=C(NCCSCc1ccc(Cl)cc1)[C@H]1CCCN(S(=O)(=O)c2ccccc2)C1. The molecule has 156 valence electrons. The Labute approximate surface area is 181 Å². The molecule has 1 N–H and O–H groups in total. The minimum Gasteiger partial charge on any atom is -0.355 e. The van der Waals surface area contributed by atoms with E-state index >= 15 is 0 Å². The van der Waals surface area contributed by atoms with Crippen LogP contribution in [-0.4, -0.2) is 44.0 Å². The van der Waals surface area contributed by atoms with Crippen molar-refractivity contribution in [3.8, 4) is 0 Å². The number of halogens is 1. The fraction of sp³-hybridized carbons (Fsp3) is 0.381. The van der Waals surface area contributed by atoms with Crippen LogP contribution in [0, 0.1) is 5.92 Å². The van der Waals surface area contributed by atoms with Gasteiger partial charge in [0.25, 0.3) is 0 Å². The second-order valence-electron chi connectivity index (χ2n) is 6.99. The number of sulfonamides is 1. The van der Waals surface area contributed by atoms with Crippen LogP contribution in [0.15, 0.2) is 59.5 Å². The van der Waals surface area contributed by atoms with Gasteiger partial charge in [0, 0.05) is 36.2 Å². The van der Waals surface area contributed by atoms with Crippen molar-refractivity contribution >= 4 is 39.3 Å². The molecule has 0 bridgehead atoms. The van der Waals surface area contributed by atoms with Crippen molar-refractivity contribution in [2.75, 3.05) is 25.4 Å². The zero-order chi connectivity index (χ0) is 20.7. The van der Waals surface area contributed by atoms with E-state index < -0.39 is 10.0 Å². The molecule has 1 fully saturated rings. The lowest BCUT2D eigenvalue weighted by atomic mass is 9.99. The van der Waals surface area contributed by atoms with E-state index in [1.807, 2.05) is 24.3 Å². The molecule has 1 heterocycles.